The molecule has 0 aromatic rings. The molecule has 1 aliphatic rings. The molecule has 0 amide bonds. The van der Waals surface area contributed by atoms with Crippen molar-refractivity contribution in [3.05, 3.63) is 0 Å². The standard InChI is InChI=1S/C8H13IO/c9-7-5-3-1-2-4-6-8(7)10/h7H,1-6H2. The topological polar surface area (TPSA) is 17.1 Å². The molecule has 1 rings (SSSR count). The van der Waals surface area contributed by atoms with E-state index >= 15 is 0 Å². The minimum atomic E-state index is 0.317. The fourth-order valence-electron chi connectivity index (χ4n) is 1.29. The summed E-state index contributed by atoms with van der Waals surface area (Å²) in [5.41, 5.74) is 0. The number of alkyl halides is 1. The molecule has 1 unspecified atom stereocenters. The van der Waals surface area contributed by atoms with Crippen LogP contribution >= 0.6 is 22.6 Å². The number of ketones is 1. The monoisotopic (exact) mass is 252 g/mol. The van der Waals surface area contributed by atoms with Crippen molar-refractivity contribution in [3.63, 3.8) is 0 Å². The molecule has 0 aromatic heterocycles. The predicted octanol–water partition coefficient (Wildman–Crippen LogP) is 2.71. The first-order chi connectivity index (χ1) is 4.80. The number of halogens is 1. The van der Waals surface area contributed by atoms with E-state index in [0.29, 0.717) is 9.71 Å². The van der Waals surface area contributed by atoms with Gasteiger partial charge in [0.05, 0.1) is 3.92 Å². The molecule has 0 spiro atoms. The van der Waals surface area contributed by atoms with Gasteiger partial charge in [0, 0.05) is 6.42 Å². The van der Waals surface area contributed by atoms with Crippen LogP contribution in [0.15, 0.2) is 0 Å². The van der Waals surface area contributed by atoms with Crippen molar-refractivity contribution in [2.75, 3.05) is 0 Å². The lowest BCUT2D eigenvalue weighted by Gasteiger charge is -2.11. The van der Waals surface area contributed by atoms with E-state index in [9.17, 15) is 4.79 Å². The molecule has 1 aliphatic carbocycles. The van der Waals surface area contributed by atoms with Crippen molar-refractivity contribution in [3.8, 4) is 0 Å². The second kappa shape index (κ2) is 4.31. The molecule has 1 saturated carbocycles. The maximum atomic E-state index is 11.2. The molecule has 0 bridgehead atoms. The van der Waals surface area contributed by atoms with Gasteiger partial charge in [-0.2, -0.15) is 0 Å². The normalized spacial score (nSPS) is 29.3. The van der Waals surface area contributed by atoms with E-state index in [1.54, 1.807) is 0 Å². The zero-order valence-electron chi connectivity index (χ0n) is 6.11. The van der Waals surface area contributed by atoms with Crippen LogP contribution in [0.2, 0.25) is 0 Å². The first kappa shape index (κ1) is 8.50. The van der Waals surface area contributed by atoms with Gasteiger partial charge in [0.25, 0.3) is 0 Å². The predicted molar refractivity (Wildman–Crippen MR) is 50.5 cm³/mol. The van der Waals surface area contributed by atoms with Crippen molar-refractivity contribution >= 4 is 28.4 Å². The Hall–Kier alpha value is 0.400. The molecule has 0 heterocycles. The molecule has 0 N–H and O–H groups in total. The number of carbonyl (C=O) groups excluding carboxylic acids is 1. The Morgan fingerprint density at radius 2 is 1.90 bits per heavy atom. The lowest BCUT2D eigenvalue weighted by Crippen LogP contribution is -2.14. The highest BCUT2D eigenvalue weighted by Gasteiger charge is 2.15. The lowest BCUT2D eigenvalue weighted by atomic mass is 10.00. The molecule has 10 heavy (non-hydrogen) atoms. The fourth-order valence-corrected chi connectivity index (χ4v) is 2.05. The van der Waals surface area contributed by atoms with Gasteiger partial charge in [-0.3, -0.25) is 4.79 Å². The van der Waals surface area contributed by atoms with E-state index in [1.807, 2.05) is 0 Å². The number of hydrogen-bond acceptors (Lipinski definition) is 1. The first-order valence-electron chi connectivity index (χ1n) is 3.97. The second-order valence-corrected chi connectivity index (χ2v) is 4.39. The minimum absolute atomic E-state index is 0.317. The number of rotatable bonds is 0. The summed E-state index contributed by atoms with van der Waals surface area (Å²) in [5.74, 6) is 0.473. The Labute approximate surface area is 75.7 Å². The third-order valence-corrected chi connectivity index (χ3v) is 3.30. The molecular formula is C8H13IO. The van der Waals surface area contributed by atoms with E-state index in [1.165, 1.54) is 19.3 Å². The van der Waals surface area contributed by atoms with Crippen LogP contribution in [0.1, 0.15) is 38.5 Å². The van der Waals surface area contributed by atoms with Crippen LogP contribution in [0, 0.1) is 0 Å². The zero-order valence-corrected chi connectivity index (χ0v) is 8.26. The molecule has 1 fully saturated rings. The van der Waals surface area contributed by atoms with E-state index in [4.69, 9.17) is 0 Å². The summed E-state index contributed by atoms with van der Waals surface area (Å²) in [5, 5.41) is 0. The quantitative estimate of drug-likeness (QED) is 0.478. The number of hydrogen-bond donors (Lipinski definition) is 0. The summed E-state index contributed by atoms with van der Waals surface area (Å²) in [4.78, 5) is 11.2. The van der Waals surface area contributed by atoms with Gasteiger partial charge >= 0.3 is 0 Å². The molecule has 0 aromatic carbocycles. The van der Waals surface area contributed by atoms with Gasteiger partial charge < -0.3 is 0 Å². The highest BCUT2D eigenvalue weighted by atomic mass is 127. The van der Waals surface area contributed by atoms with Crippen LogP contribution in [0.4, 0.5) is 0 Å². The van der Waals surface area contributed by atoms with E-state index in [-0.39, 0.29) is 0 Å². The molecule has 0 saturated heterocycles. The van der Waals surface area contributed by atoms with Gasteiger partial charge in [0.2, 0.25) is 0 Å². The average Bonchev–Trinajstić information content (AvgIpc) is 1.92. The van der Waals surface area contributed by atoms with Gasteiger partial charge in [-0.1, -0.05) is 41.9 Å². The van der Waals surface area contributed by atoms with E-state index in [2.05, 4.69) is 22.6 Å². The van der Waals surface area contributed by atoms with Gasteiger partial charge in [-0.25, -0.2) is 0 Å². The minimum Gasteiger partial charge on any atom is -0.299 e. The maximum absolute atomic E-state index is 11.2. The van der Waals surface area contributed by atoms with Crippen molar-refractivity contribution in [1.82, 2.24) is 0 Å². The van der Waals surface area contributed by atoms with Crippen LogP contribution < -0.4 is 0 Å². The summed E-state index contributed by atoms with van der Waals surface area (Å²) in [7, 11) is 0. The van der Waals surface area contributed by atoms with Gasteiger partial charge in [-0.05, 0) is 12.8 Å². The van der Waals surface area contributed by atoms with Crippen molar-refractivity contribution in [1.29, 1.82) is 0 Å². The summed E-state index contributed by atoms with van der Waals surface area (Å²) in [6.45, 7) is 0. The molecule has 0 aliphatic heterocycles. The van der Waals surface area contributed by atoms with Crippen molar-refractivity contribution < 1.29 is 4.79 Å². The summed E-state index contributed by atoms with van der Waals surface area (Å²) >= 11 is 2.28. The van der Waals surface area contributed by atoms with Crippen LogP contribution in [-0.2, 0) is 4.79 Å². The molecule has 58 valence electrons. The maximum Gasteiger partial charge on any atom is 0.145 e. The summed E-state index contributed by atoms with van der Waals surface area (Å²) in [6, 6.07) is 0. The SMILES string of the molecule is O=C1CCCCCCC1I. The first-order valence-corrected chi connectivity index (χ1v) is 5.22. The fraction of sp³-hybridized carbons (Fsp3) is 0.875. The van der Waals surface area contributed by atoms with Crippen LogP contribution in [-0.4, -0.2) is 9.71 Å². The number of Topliss-reactive ketones (excluding diaryl/α,β-unsaturated/α-hetero) is 1. The Morgan fingerprint density at radius 3 is 2.70 bits per heavy atom. The average molecular weight is 252 g/mol. The van der Waals surface area contributed by atoms with E-state index < -0.39 is 0 Å². The highest BCUT2D eigenvalue weighted by Crippen LogP contribution is 2.19. The largest absolute Gasteiger partial charge is 0.299 e. The van der Waals surface area contributed by atoms with Crippen LogP contribution in [0.25, 0.3) is 0 Å². The number of carbonyl (C=O) groups is 1. The highest BCUT2D eigenvalue weighted by molar-refractivity contribution is 14.1. The van der Waals surface area contributed by atoms with Crippen molar-refractivity contribution in [2.24, 2.45) is 0 Å². The Balaban J connectivity index is 2.35. The smallest absolute Gasteiger partial charge is 0.145 e. The Kier molecular flexibility index (Phi) is 3.66. The molecule has 1 atom stereocenters. The van der Waals surface area contributed by atoms with Gasteiger partial charge in [0.15, 0.2) is 0 Å². The van der Waals surface area contributed by atoms with Crippen LogP contribution in [0.5, 0.6) is 0 Å². The van der Waals surface area contributed by atoms with Gasteiger partial charge in [0.1, 0.15) is 5.78 Å². The summed E-state index contributed by atoms with van der Waals surface area (Å²) < 4.78 is 0.317. The third kappa shape index (κ3) is 2.56. The van der Waals surface area contributed by atoms with Crippen LogP contribution in [0.3, 0.4) is 0 Å². The second-order valence-electron chi connectivity index (χ2n) is 2.89. The lowest BCUT2D eigenvalue weighted by molar-refractivity contribution is -0.118. The molecule has 1 nitrogen and oxygen atoms in total. The molecule has 2 heteroatoms. The zero-order chi connectivity index (χ0) is 7.40. The van der Waals surface area contributed by atoms with Gasteiger partial charge in [-0.15, -0.1) is 0 Å². The Bertz CT molecular complexity index is 122. The van der Waals surface area contributed by atoms with E-state index in [0.717, 1.165) is 19.3 Å². The third-order valence-electron chi connectivity index (χ3n) is 1.98. The summed E-state index contributed by atoms with van der Waals surface area (Å²) in [6.07, 6.45) is 6.90. The Morgan fingerprint density at radius 1 is 1.20 bits per heavy atom. The van der Waals surface area contributed by atoms with Crippen molar-refractivity contribution in [2.45, 2.75) is 42.4 Å². The molecule has 0 radical (unpaired) electrons. The molecular weight excluding hydrogens is 239 g/mol.